The Morgan fingerprint density at radius 3 is 3.21 bits per heavy atom. The Labute approximate surface area is 119 Å². The minimum absolute atomic E-state index is 0.915. The number of pyridine rings is 1. The lowest BCUT2D eigenvalue weighted by Crippen LogP contribution is -2.16. The number of hydrogen-bond donors (Lipinski definition) is 1. The Balaban J connectivity index is 1.56. The van der Waals surface area contributed by atoms with E-state index in [4.69, 9.17) is 0 Å². The van der Waals surface area contributed by atoms with E-state index in [0.29, 0.717) is 0 Å². The summed E-state index contributed by atoms with van der Waals surface area (Å²) in [6.07, 6.45) is 8.88. The van der Waals surface area contributed by atoms with E-state index in [1.807, 2.05) is 6.20 Å². The summed E-state index contributed by atoms with van der Waals surface area (Å²) < 4.78 is 1.32. The van der Waals surface area contributed by atoms with Crippen LogP contribution in [-0.2, 0) is 0 Å². The highest BCUT2D eigenvalue weighted by molar-refractivity contribution is 7.17. The molecule has 2 atom stereocenters. The molecule has 2 unspecified atom stereocenters. The second kappa shape index (κ2) is 5.91. The van der Waals surface area contributed by atoms with Gasteiger partial charge >= 0.3 is 0 Å². The monoisotopic (exact) mass is 274 g/mol. The van der Waals surface area contributed by atoms with Crippen LogP contribution in [0.5, 0.6) is 0 Å². The maximum absolute atomic E-state index is 4.47. The maximum Gasteiger partial charge on any atom is 0.134 e. The fraction of sp³-hybridized carbons (Fsp3) is 0.562. The zero-order valence-electron chi connectivity index (χ0n) is 11.6. The standard InChI is InChI=1S/C16H22N2S/c1-12-3-2-4-13(11-12)5-8-17-16-14-7-10-19-15(14)6-9-18-16/h6-7,9-10,12-13H,2-5,8,11H2,1H3,(H,17,18). The van der Waals surface area contributed by atoms with Crippen molar-refractivity contribution < 1.29 is 0 Å². The molecule has 2 heterocycles. The molecule has 0 spiro atoms. The van der Waals surface area contributed by atoms with Gasteiger partial charge in [0.05, 0.1) is 0 Å². The van der Waals surface area contributed by atoms with Crippen molar-refractivity contribution in [1.82, 2.24) is 4.98 Å². The minimum Gasteiger partial charge on any atom is -0.370 e. The molecule has 19 heavy (non-hydrogen) atoms. The lowest BCUT2D eigenvalue weighted by atomic mass is 9.81. The molecule has 0 radical (unpaired) electrons. The molecule has 2 nitrogen and oxygen atoms in total. The Bertz CT molecular complexity index is 534. The van der Waals surface area contributed by atoms with Gasteiger partial charge in [-0.15, -0.1) is 11.3 Å². The number of thiophene rings is 1. The van der Waals surface area contributed by atoms with Gasteiger partial charge in [0.15, 0.2) is 0 Å². The molecule has 0 aromatic carbocycles. The van der Waals surface area contributed by atoms with E-state index in [1.54, 1.807) is 11.3 Å². The van der Waals surface area contributed by atoms with Gasteiger partial charge in [0.2, 0.25) is 0 Å². The Morgan fingerprint density at radius 2 is 2.32 bits per heavy atom. The third-order valence-corrected chi connectivity index (χ3v) is 5.15. The lowest BCUT2D eigenvalue weighted by Gasteiger charge is -2.26. The van der Waals surface area contributed by atoms with Gasteiger partial charge in [-0.2, -0.15) is 0 Å². The molecule has 0 bridgehead atoms. The van der Waals surface area contributed by atoms with E-state index < -0.39 is 0 Å². The summed E-state index contributed by atoms with van der Waals surface area (Å²) in [6, 6.07) is 4.26. The van der Waals surface area contributed by atoms with Crippen molar-refractivity contribution in [3.05, 3.63) is 23.7 Å². The third kappa shape index (κ3) is 3.08. The van der Waals surface area contributed by atoms with Crippen LogP contribution in [-0.4, -0.2) is 11.5 Å². The SMILES string of the molecule is CC1CCCC(CCNc2nccc3sccc23)C1. The molecule has 1 aliphatic carbocycles. The molecule has 1 fully saturated rings. The molecule has 3 heteroatoms. The summed E-state index contributed by atoms with van der Waals surface area (Å²) in [5.41, 5.74) is 0. The average Bonchev–Trinajstić information content (AvgIpc) is 2.88. The van der Waals surface area contributed by atoms with Gasteiger partial charge in [0, 0.05) is 22.8 Å². The summed E-state index contributed by atoms with van der Waals surface area (Å²) in [5, 5.41) is 6.94. The largest absolute Gasteiger partial charge is 0.370 e. The fourth-order valence-electron chi connectivity index (χ4n) is 3.25. The molecule has 2 aromatic heterocycles. The number of nitrogens with one attached hydrogen (secondary N) is 1. The van der Waals surface area contributed by atoms with Gasteiger partial charge in [0.1, 0.15) is 5.82 Å². The van der Waals surface area contributed by atoms with Crippen molar-refractivity contribution in [1.29, 1.82) is 0 Å². The highest BCUT2D eigenvalue weighted by atomic mass is 32.1. The number of rotatable bonds is 4. The first-order valence-corrected chi connectivity index (χ1v) is 8.27. The van der Waals surface area contributed by atoms with Gasteiger partial charge in [-0.25, -0.2) is 4.98 Å². The van der Waals surface area contributed by atoms with Crippen molar-refractivity contribution in [3.8, 4) is 0 Å². The average molecular weight is 274 g/mol. The molecule has 1 N–H and O–H groups in total. The summed E-state index contributed by atoms with van der Waals surface area (Å²) in [6.45, 7) is 3.45. The first kappa shape index (κ1) is 12.9. The van der Waals surface area contributed by atoms with E-state index in [0.717, 1.165) is 24.2 Å². The van der Waals surface area contributed by atoms with Gasteiger partial charge in [-0.05, 0) is 42.2 Å². The summed E-state index contributed by atoms with van der Waals surface area (Å²) >= 11 is 1.78. The van der Waals surface area contributed by atoms with Gasteiger partial charge in [-0.1, -0.05) is 26.2 Å². The van der Waals surface area contributed by atoms with Crippen LogP contribution in [0, 0.1) is 11.8 Å². The summed E-state index contributed by atoms with van der Waals surface area (Å²) in [4.78, 5) is 4.47. The van der Waals surface area contributed by atoms with E-state index in [9.17, 15) is 0 Å². The number of fused-ring (bicyclic) bond motifs is 1. The third-order valence-electron chi connectivity index (χ3n) is 4.27. The Kier molecular flexibility index (Phi) is 4.02. The van der Waals surface area contributed by atoms with Crippen LogP contribution in [0.3, 0.4) is 0 Å². The fourth-order valence-corrected chi connectivity index (χ4v) is 4.03. The quantitative estimate of drug-likeness (QED) is 0.855. The molecule has 0 saturated heterocycles. The first-order valence-electron chi connectivity index (χ1n) is 7.39. The molecule has 0 amide bonds. The van der Waals surface area contributed by atoms with Crippen molar-refractivity contribution in [2.24, 2.45) is 11.8 Å². The smallest absolute Gasteiger partial charge is 0.134 e. The molecule has 1 aliphatic rings. The highest BCUT2D eigenvalue weighted by Gasteiger charge is 2.18. The maximum atomic E-state index is 4.47. The summed E-state index contributed by atoms with van der Waals surface area (Å²) in [7, 11) is 0. The van der Waals surface area contributed by atoms with Gasteiger partial charge < -0.3 is 5.32 Å². The van der Waals surface area contributed by atoms with Crippen LogP contribution in [0.25, 0.3) is 10.1 Å². The van der Waals surface area contributed by atoms with E-state index in [1.165, 1.54) is 42.2 Å². The Hall–Kier alpha value is -1.09. The zero-order valence-corrected chi connectivity index (χ0v) is 12.4. The predicted molar refractivity (Wildman–Crippen MR) is 83.8 cm³/mol. The van der Waals surface area contributed by atoms with Crippen LogP contribution in [0.1, 0.15) is 39.0 Å². The number of nitrogens with zero attached hydrogens (tertiary/aromatic N) is 1. The van der Waals surface area contributed by atoms with Crippen LogP contribution in [0.2, 0.25) is 0 Å². The molecular weight excluding hydrogens is 252 g/mol. The summed E-state index contributed by atoms with van der Waals surface area (Å²) in [5.74, 6) is 2.90. The molecule has 0 aliphatic heterocycles. The first-order chi connectivity index (χ1) is 9.33. The van der Waals surface area contributed by atoms with Crippen molar-refractivity contribution >= 4 is 27.2 Å². The van der Waals surface area contributed by atoms with Crippen molar-refractivity contribution in [2.45, 2.75) is 39.0 Å². The van der Waals surface area contributed by atoms with Gasteiger partial charge in [0.25, 0.3) is 0 Å². The number of hydrogen-bond acceptors (Lipinski definition) is 3. The minimum atomic E-state index is 0.915. The molecule has 3 rings (SSSR count). The van der Waals surface area contributed by atoms with Crippen LogP contribution < -0.4 is 5.32 Å². The molecule has 2 aromatic rings. The van der Waals surface area contributed by atoms with Crippen LogP contribution >= 0.6 is 11.3 Å². The van der Waals surface area contributed by atoms with Crippen molar-refractivity contribution in [2.75, 3.05) is 11.9 Å². The van der Waals surface area contributed by atoms with Crippen LogP contribution in [0.15, 0.2) is 23.7 Å². The second-order valence-corrected chi connectivity index (χ2v) is 6.79. The number of anilines is 1. The number of aromatic nitrogens is 1. The normalized spacial score (nSPS) is 23.6. The van der Waals surface area contributed by atoms with E-state index in [2.05, 4.69) is 34.7 Å². The Morgan fingerprint density at radius 1 is 1.37 bits per heavy atom. The van der Waals surface area contributed by atoms with E-state index >= 15 is 0 Å². The molecular formula is C16H22N2S. The van der Waals surface area contributed by atoms with Crippen LogP contribution in [0.4, 0.5) is 5.82 Å². The topological polar surface area (TPSA) is 24.9 Å². The highest BCUT2D eigenvalue weighted by Crippen LogP contribution is 2.31. The lowest BCUT2D eigenvalue weighted by molar-refractivity contribution is 0.274. The predicted octanol–water partition coefficient (Wildman–Crippen LogP) is 4.92. The zero-order chi connectivity index (χ0) is 13.1. The van der Waals surface area contributed by atoms with Gasteiger partial charge in [-0.3, -0.25) is 0 Å². The van der Waals surface area contributed by atoms with Crippen molar-refractivity contribution in [3.63, 3.8) is 0 Å². The second-order valence-electron chi connectivity index (χ2n) is 5.85. The van der Waals surface area contributed by atoms with E-state index in [-0.39, 0.29) is 0 Å². The molecule has 102 valence electrons. The molecule has 1 saturated carbocycles.